The normalized spacial score (nSPS) is 10.7. The molecule has 0 aliphatic carbocycles. The number of hydrogen-bond acceptors (Lipinski definition) is 7. The van der Waals surface area contributed by atoms with E-state index in [4.69, 9.17) is 14.0 Å². The molecule has 0 bridgehead atoms. The highest BCUT2D eigenvalue weighted by molar-refractivity contribution is 6.05. The summed E-state index contributed by atoms with van der Waals surface area (Å²) >= 11 is 0. The summed E-state index contributed by atoms with van der Waals surface area (Å²) in [4.78, 5) is 17.1. The van der Waals surface area contributed by atoms with Crippen LogP contribution in [-0.2, 0) is 0 Å². The average Bonchev–Trinajstić information content (AvgIpc) is 3.39. The van der Waals surface area contributed by atoms with Crippen molar-refractivity contribution in [1.29, 1.82) is 0 Å². The summed E-state index contributed by atoms with van der Waals surface area (Å²) in [6, 6.07) is 12.7. The molecule has 31 heavy (non-hydrogen) atoms. The number of nitrogens with one attached hydrogen (secondary N) is 1. The van der Waals surface area contributed by atoms with Crippen LogP contribution in [0.2, 0.25) is 0 Å². The SMILES string of the molecule is COc1ccc(NC(=O)c2cn(-c3ccc(-c4noc(C)n4)cc3)nc2C)c(OC)c1. The molecular weight excluding hydrogens is 398 g/mol. The number of methoxy groups -OCH3 is 2. The van der Waals surface area contributed by atoms with Gasteiger partial charge in [0.2, 0.25) is 11.7 Å². The molecule has 2 heterocycles. The summed E-state index contributed by atoms with van der Waals surface area (Å²) < 4.78 is 17.2. The Balaban J connectivity index is 1.55. The second-order valence-electron chi connectivity index (χ2n) is 6.78. The predicted octanol–water partition coefficient (Wildman–Crippen LogP) is 3.81. The minimum absolute atomic E-state index is 0.286. The van der Waals surface area contributed by atoms with Gasteiger partial charge in [-0.15, -0.1) is 0 Å². The third-order valence-electron chi connectivity index (χ3n) is 4.72. The molecule has 4 rings (SSSR count). The van der Waals surface area contributed by atoms with Gasteiger partial charge in [0.25, 0.3) is 5.91 Å². The molecule has 0 unspecified atom stereocenters. The number of anilines is 1. The van der Waals surface area contributed by atoms with E-state index in [0.717, 1.165) is 11.3 Å². The lowest BCUT2D eigenvalue weighted by molar-refractivity contribution is 0.102. The Labute approximate surface area is 178 Å². The number of rotatable bonds is 6. The lowest BCUT2D eigenvalue weighted by atomic mass is 10.2. The van der Waals surface area contributed by atoms with Crippen molar-refractivity contribution in [1.82, 2.24) is 19.9 Å². The Morgan fingerprint density at radius 1 is 1.06 bits per heavy atom. The number of aryl methyl sites for hydroxylation is 2. The molecule has 0 fully saturated rings. The molecule has 0 saturated heterocycles. The largest absolute Gasteiger partial charge is 0.497 e. The first kappa shape index (κ1) is 20.1. The molecule has 1 amide bonds. The summed E-state index contributed by atoms with van der Waals surface area (Å²) in [7, 11) is 3.10. The van der Waals surface area contributed by atoms with Crippen LogP contribution in [0.15, 0.2) is 53.2 Å². The lowest BCUT2D eigenvalue weighted by Crippen LogP contribution is -2.13. The molecule has 0 atom stereocenters. The fourth-order valence-electron chi connectivity index (χ4n) is 3.09. The van der Waals surface area contributed by atoms with E-state index in [1.54, 1.807) is 50.0 Å². The quantitative estimate of drug-likeness (QED) is 0.507. The van der Waals surface area contributed by atoms with Crippen molar-refractivity contribution < 1.29 is 18.8 Å². The molecule has 158 valence electrons. The first-order valence-corrected chi connectivity index (χ1v) is 9.49. The fourth-order valence-corrected chi connectivity index (χ4v) is 3.09. The van der Waals surface area contributed by atoms with Crippen molar-refractivity contribution in [2.24, 2.45) is 0 Å². The van der Waals surface area contributed by atoms with E-state index in [9.17, 15) is 4.79 Å². The molecule has 0 saturated carbocycles. The van der Waals surface area contributed by atoms with Crippen molar-refractivity contribution in [3.63, 3.8) is 0 Å². The number of ether oxygens (including phenoxy) is 2. The molecule has 2 aromatic heterocycles. The van der Waals surface area contributed by atoms with E-state index in [0.29, 0.717) is 40.2 Å². The third-order valence-corrected chi connectivity index (χ3v) is 4.72. The molecule has 4 aromatic rings. The van der Waals surface area contributed by atoms with Crippen LogP contribution in [0.1, 0.15) is 21.9 Å². The van der Waals surface area contributed by atoms with Gasteiger partial charge in [-0.05, 0) is 43.3 Å². The summed E-state index contributed by atoms with van der Waals surface area (Å²) in [5.41, 5.74) is 3.22. The van der Waals surface area contributed by atoms with Crippen molar-refractivity contribution in [2.75, 3.05) is 19.5 Å². The number of aromatic nitrogens is 4. The zero-order chi connectivity index (χ0) is 22.0. The number of hydrogen-bond donors (Lipinski definition) is 1. The molecule has 9 heteroatoms. The minimum Gasteiger partial charge on any atom is -0.497 e. The Bertz CT molecular complexity index is 1230. The number of benzene rings is 2. The van der Waals surface area contributed by atoms with E-state index in [2.05, 4.69) is 20.6 Å². The molecule has 0 aliphatic heterocycles. The summed E-state index contributed by atoms with van der Waals surface area (Å²) in [6.45, 7) is 3.53. The van der Waals surface area contributed by atoms with Crippen LogP contribution in [0.5, 0.6) is 11.5 Å². The first-order chi connectivity index (χ1) is 15.0. The summed E-state index contributed by atoms with van der Waals surface area (Å²) in [5.74, 6) is 1.88. The van der Waals surface area contributed by atoms with E-state index in [-0.39, 0.29) is 5.91 Å². The average molecular weight is 419 g/mol. The number of nitrogens with zero attached hydrogens (tertiary/aromatic N) is 4. The third kappa shape index (κ3) is 4.11. The van der Waals surface area contributed by atoms with Gasteiger partial charge in [0.1, 0.15) is 11.5 Å². The Kier molecular flexibility index (Phi) is 5.40. The van der Waals surface area contributed by atoms with Crippen molar-refractivity contribution in [2.45, 2.75) is 13.8 Å². The van der Waals surface area contributed by atoms with Crippen molar-refractivity contribution >= 4 is 11.6 Å². The van der Waals surface area contributed by atoms with Crippen LogP contribution in [0.25, 0.3) is 17.1 Å². The van der Waals surface area contributed by atoms with E-state index < -0.39 is 0 Å². The van der Waals surface area contributed by atoms with E-state index >= 15 is 0 Å². The zero-order valence-electron chi connectivity index (χ0n) is 17.5. The highest BCUT2D eigenvalue weighted by Crippen LogP contribution is 2.29. The maximum Gasteiger partial charge on any atom is 0.259 e. The summed E-state index contributed by atoms with van der Waals surface area (Å²) in [6.07, 6.45) is 1.69. The maximum atomic E-state index is 12.9. The van der Waals surface area contributed by atoms with Crippen molar-refractivity contribution in [3.8, 4) is 28.6 Å². The van der Waals surface area contributed by atoms with Gasteiger partial charge in [0.15, 0.2) is 0 Å². The predicted molar refractivity (Wildman–Crippen MR) is 114 cm³/mol. The van der Waals surface area contributed by atoms with Gasteiger partial charge >= 0.3 is 0 Å². The van der Waals surface area contributed by atoms with Crippen LogP contribution in [0.4, 0.5) is 5.69 Å². The standard InChI is InChI=1S/C22H21N5O4/c1-13-18(22(28)24-19-10-9-17(29-3)11-20(19)30-4)12-27(25-13)16-7-5-15(6-8-16)21-23-14(2)31-26-21/h5-12H,1-4H3,(H,24,28). The first-order valence-electron chi connectivity index (χ1n) is 9.49. The van der Waals surface area contributed by atoms with Crippen LogP contribution in [0, 0.1) is 13.8 Å². The number of carbonyl (C=O) groups excluding carboxylic acids is 1. The highest BCUT2D eigenvalue weighted by Gasteiger charge is 2.17. The van der Waals surface area contributed by atoms with Gasteiger partial charge in [-0.2, -0.15) is 10.1 Å². The van der Waals surface area contributed by atoms with Crippen LogP contribution in [-0.4, -0.2) is 40.0 Å². The highest BCUT2D eigenvalue weighted by atomic mass is 16.5. The Morgan fingerprint density at radius 3 is 2.48 bits per heavy atom. The number of carbonyl (C=O) groups is 1. The van der Waals surface area contributed by atoms with Gasteiger partial charge in [-0.25, -0.2) is 4.68 Å². The second kappa shape index (κ2) is 8.31. The van der Waals surface area contributed by atoms with Crippen LogP contribution < -0.4 is 14.8 Å². The second-order valence-corrected chi connectivity index (χ2v) is 6.78. The van der Waals surface area contributed by atoms with E-state index in [1.165, 1.54) is 7.11 Å². The lowest BCUT2D eigenvalue weighted by Gasteiger charge is -2.11. The minimum atomic E-state index is -0.286. The fraction of sp³-hybridized carbons (Fsp3) is 0.182. The molecule has 0 radical (unpaired) electrons. The van der Waals surface area contributed by atoms with Gasteiger partial charge < -0.3 is 19.3 Å². The van der Waals surface area contributed by atoms with Gasteiger partial charge in [0.05, 0.1) is 36.9 Å². The molecule has 2 aromatic carbocycles. The summed E-state index contributed by atoms with van der Waals surface area (Å²) in [5, 5.41) is 11.3. The molecule has 0 spiro atoms. The van der Waals surface area contributed by atoms with Gasteiger partial charge in [0, 0.05) is 24.8 Å². The monoisotopic (exact) mass is 419 g/mol. The Hall–Kier alpha value is -4.14. The molecule has 0 aliphatic rings. The molecular formula is C22H21N5O4. The van der Waals surface area contributed by atoms with Gasteiger partial charge in [-0.3, -0.25) is 4.79 Å². The van der Waals surface area contributed by atoms with E-state index in [1.807, 2.05) is 24.3 Å². The van der Waals surface area contributed by atoms with Crippen LogP contribution in [0.3, 0.4) is 0 Å². The van der Waals surface area contributed by atoms with Crippen LogP contribution >= 0.6 is 0 Å². The smallest absolute Gasteiger partial charge is 0.259 e. The topological polar surface area (TPSA) is 104 Å². The Morgan fingerprint density at radius 2 is 1.84 bits per heavy atom. The van der Waals surface area contributed by atoms with Gasteiger partial charge in [-0.1, -0.05) is 5.16 Å². The van der Waals surface area contributed by atoms with Crippen molar-refractivity contribution in [3.05, 3.63) is 65.8 Å². The molecule has 9 nitrogen and oxygen atoms in total. The molecule has 1 N–H and O–H groups in total. The zero-order valence-corrected chi connectivity index (χ0v) is 17.5. The number of amides is 1. The maximum absolute atomic E-state index is 12.9.